The third-order valence-electron chi connectivity index (χ3n) is 2.89. The predicted octanol–water partition coefficient (Wildman–Crippen LogP) is 2.35. The number of halogens is 1. The number of rotatable bonds is 2. The lowest BCUT2D eigenvalue weighted by atomic mass is 9.65. The third kappa shape index (κ3) is 1.25. The molecular formula is C10H10BrNO2. The molecule has 1 aliphatic carbocycles. The van der Waals surface area contributed by atoms with Gasteiger partial charge in [0.1, 0.15) is 4.60 Å². The van der Waals surface area contributed by atoms with Crippen LogP contribution in [0.5, 0.6) is 0 Å². The first-order chi connectivity index (χ1) is 6.67. The highest BCUT2D eigenvalue weighted by atomic mass is 79.9. The van der Waals surface area contributed by atoms with Crippen LogP contribution < -0.4 is 0 Å². The van der Waals surface area contributed by atoms with Crippen molar-refractivity contribution in [3.63, 3.8) is 0 Å². The van der Waals surface area contributed by atoms with Crippen LogP contribution in [0.1, 0.15) is 24.8 Å². The molecule has 0 spiro atoms. The molecule has 3 nitrogen and oxygen atoms in total. The van der Waals surface area contributed by atoms with Crippen molar-refractivity contribution in [2.45, 2.75) is 24.7 Å². The number of carbonyl (C=O) groups is 1. The van der Waals surface area contributed by atoms with E-state index >= 15 is 0 Å². The summed E-state index contributed by atoms with van der Waals surface area (Å²) in [7, 11) is 0. The molecule has 0 bridgehead atoms. The monoisotopic (exact) mass is 255 g/mol. The smallest absolute Gasteiger partial charge is 0.314 e. The van der Waals surface area contributed by atoms with Gasteiger partial charge in [-0.05, 0) is 34.8 Å². The lowest BCUT2D eigenvalue weighted by Crippen LogP contribution is -2.42. The van der Waals surface area contributed by atoms with Crippen molar-refractivity contribution in [3.05, 3.63) is 28.5 Å². The molecular weight excluding hydrogens is 246 g/mol. The van der Waals surface area contributed by atoms with Crippen molar-refractivity contribution >= 4 is 21.9 Å². The number of aromatic nitrogens is 1. The van der Waals surface area contributed by atoms with Gasteiger partial charge < -0.3 is 5.11 Å². The number of pyridine rings is 1. The van der Waals surface area contributed by atoms with Crippen molar-refractivity contribution in [2.24, 2.45) is 0 Å². The van der Waals surface area contributed by atoms with Crippen LogP contribution in [0.4, 0.5) is 0 Å². The number of carboxylic acid groups (broad SMARTS) is 1. The zero-order chi connectivity index (χ0) is 10.2. The molecule has 14 heavy (non-hydrogen) atoms. The van der Waals surface area contributed by atoms with E-state index in [1.807, 2.05) is 6.07 Å². The van der Waals surface area contributed by atoms with E-state index in [-0.39, 0.29) is 0 Å². The molecule has 1 fully saturated rings. The minimum atomic E-state index is -0.738. The third-order valence-corrected chi connectivity index (χ3v) is 3.52. The van der Waals surface area contributed by atoms with E-state index in [4.69, 9.17) is 0 Å². The molecule has 0 saturated heterocycles. The van der Waals surface area contributed by atoms with Gasteiger partial charge in [0.15, 0.2) is 0 Å². The maximum absolute atomic E-state index is 11.2. The molecule has 4 heteroatoms. The predicted molar refractivity (Wildman–Crippen MR) is 55.1 cm³/mol. The number of carboxylic acids is 1. The van der Waals surface area contributed by atoms with Gasteiger partial charge in [-0.2, -0.15) is 0 Å². The van der Waals surface area contributed by atoms with Crippen LogP contribution in [0.25, 0.3) is 0 Å². The molecule has 1 aromatic rings. The standard InChI is InChI=1S/C10H10BrNO2/c11-8-7(3-1-6-12-8)10(9(13)14)4-2-5-10/h1,3,6H,2,4-5H2,(H,13,14). The van der Waals surface area contributed by atoms with Crippen molar-refractivity contribution in [2.75, 3.05) is 0 Å². The number of hydrogen-bond donors (Lipinski definition) is 1. The summed E-state index contributed by atoms with van der Waals surface area (Å²) >= 11 is 3.30. The van der Waals surface area contributed by atoms with Crippen molar-refractivity contribution in [1.29, 1.82) is 0 Å². The SMILES string of the molecule is O=C(O)C1(c2cccnc2Br)CCC1. The molecule has 1 N–H and O–H groups in total. The number of aliphatic carboxylic acids is 1. The zero-order valence-corrected chi connectivity index (χ0v) is 9.12. The fourth-order valence-electron chi connectivity index (χ4n) is 1.87. The molecule has 2 rings (SSSR count). The highest BCUT2D eigenvalue weighted by molar-refractivity contribution is 9.10. The van der Waals surface area contributed by atoms with Crippen LogP contribution in [0.2, 0.25) is 0 Å². The van der Waals surface area contributed by atoms with E-state index in [0.29, 0.717) is 17.4 Å². The molecule has 1 heterocycles. The van der Waals surface area contributed by atoms with Crippen LogP contribution in [0, 0.1) is 0 Å². The van der Waals surface area contributed by atoms with Crippen molar-refractivity contribution < 1.29 is 9.90 Å². The van der Waals surface area contributed by atoms with E-state index < -0.39 is 11.4 Å². The van der Waals surface area contributed by atoms with E-state index in [1.54, 1.807) is 12.3 Å². The minimum Gasteiger partial charge on any atom is -0.481 e. The number of nitrogens with zero attached hydrogens (tertiary/aromatic N) is 1. The Balaban J connectivity index is 2.47. The lowest BCUT2D eigenvalue weighted by Gasteiger charge is -2.38. The van der Waals surface area contributed by atoms with E-state index in [9.17, 15) is 9.90 Å². The Morgan fingerprint density at radius 1 is 1.57 bits per heavy atom. The first kappa shape index (κ1) is 9.65. The Bertz CT molecular complexity index is 374. The van der Waals surface area contributed by atoms with Gasteiger partial charge in [-0.15, -0.1) is 0 Å². The van der Waals surface area contributed by atoms with Gasteiger partial charge in [0.2, 0.25) is 0 Å². The summed E-state index contributed by atoms with van der Waals surface area (Å²) in [5, 5.41) is 9.21. The number of hydrogen-bond acceptors (Lipinski definition) is 2. The Morgan fingerprint density at radius 2 is 2.29 bits per heavy atom. The van der Waals surface area contributed by atoms with E-state index in [2.05, 4.69) is 20.9 Å². The van der Waals surface area contributed by atoms with Crippen LogP contribution in [0.15, 0.2) is 22.9 Å². The molecule has 0 aliphatic heterocycles. The summed E-state index contributed by atoms with van der Waals surface area (Å²) in [5.41, 5.74) is 0.117. The summed E-state index contributed by atoms with van der Waals surface area (Å²) in [6, 6.07) is 3.62. The fraction of sp³-hybridized carbons (Fsp3) is 0.400. The maximum Gasteiger partial charge on any atom is 0.314 e. The van der Waals surface area contributed by atoms with Gasteiger partial charge in [-0.3, -0.25) is 4.79 Å². The Morgan fingerprint density at radius 3 is 2.71 bits per heavy atom. The zero-order valence-electron chi connectivity index (χ0n) is 7.53. The normalized spacial score (nSPS) is 18.6. The highest BCUT2D eigenvalue weighted by Crippen LogP contribution is 2.45. The van der Waals surface area contributed by atoms with Gasteiger partial charge in [-0.25, -0.2) is 4.98 Å². The topological polar surface area (TPSA) is 50.2 Å². The van der Waals surface area contributed by atoms with Crippen LogP contribution in [-0.4, -0.2) is 16.1 Å². The quantitative estimate of drug-likeness (QED) is 0.826. The van der Waals surface area contributed by atoms with Gasteiger partial charge >= 0.3 is 5.97 Å². The Kier molecular flexibility index (Phi) is 2.31. The second-order valence-corrected chi connectivity index (χ2v) is 4.33. The summed E-state index contributed by atoms with van der Waals surface area (Å²) in [6.07, 6.45) is 4.06. The summed E-state index contributed by atoms with van der Waals surface area (Å²) in [5.74, 6) is -0.738. The molecule has 1 aromatic heterocycles. The second kappa shape index (κ2) is 3.35. The second-order valence-electron chi connectivity index (χ2n) is 3.58. The molecule has 0 aromatic carbocycles. The van der Waals surface area contributed by atoms with E-state index in [1.165, 1.54) is 0 Å². The summed E-state index contributed by atoms with van der Waals surface area (Å²) in [6.45, 7) is 0. The van der Waals surface area contributed by atoms with Crippen LogP contribution in [-0.2, 0) is 10.2 Å². The average molecular weight is 256 g/mol. The minimum absolute atomic E-state index is 0.655. The first-order valence-corrected chi connectivity index (χ1v) is 5.30. The van der Waals surface area contributed by atoms with Gasteiger partial charge in [0.05, 0.1) is 5.41 Å². The molecule has 0 atom stereocenters. The Hall–Kier alpha value is -0.900. The molecule has 0 unspecified atom stereocenters. The van der Waals surface area contributed by atoms with Crippen LogP contribution >= 0.6 is 15.9 Å². The lowest BCUT2D eigenvalue weighted by molar-refractivity contribution is -0.147. The summed E-state index contributed by atoms with van der Waals surface area (Å²) < 4.78 is 0.655. The Labute approximate surface area is 90.3 Å². The molecule has 74 valence electrons. The molecule has 1 aliphatic rings. The van der Waals surface area contributed by atoms with Crippen molar-refractivity contribution in [1.82, 2.24) is 4.98 Å². The molecule has 0 amide bonds. The first-order valence-electron chi connectivity index (χ1n) is 4.51. The molecule has 0 radical (unpaired) electrons. The fourth-order valence-corrected chi connectivity index (χ4v) is 2.50. The highest BCUT2D eigenvalue weighted by Gasteiger charge is 2.47. The van der Waals surface area contributed by atoms with Gasteiger partial charge in [0, 0.05) is 11.8 Å². The maximum atomic E-state index is 11.2. The van der Waals surface area contributed by atoms with Crippen molar-refractivity contribution in [3.8, 4) is 0 Å². The largest absolute Gasteiger partial charge is 0.481 e. The van der Waals surface area contributed by atoms with Gasteiger partial charge in [-0.1, -0.05) is 12.5 Å². The summed E-state index contributed by atoms with van der Waals surface area (Å²) in [4.78, 5) is 15.3. The van der Waals surface area contributed by atoms with Crippen LogP contribution in [0.3, 0.4) is 0 Å². The molecule has 1 saturated carbocycles. The van der Waals surface area contributed by atoms with E-state index in [0.717, 1.165) is 12.0 Å². The van der Waals surface area contributed by atoms with Gasteiger partial charge in [0.25, 0.3) is 0 Å². The average Bonchev–Trinajstić information content (AvgIpc) is 2.05.